The third kappa shape index (κ3) is 3.76. The maximum atomic E-state index is 5.84. The fourth-order valence-electron chi connectivity index (χ4n) is 1.97. The van der Waals surface area contributed by atoms with Crippen molar-refractivity contribution in [2.45, 2.75) is 39.3 Å². The van der Waals surface area contributed by atoms with Gasteiger partial charge in [0.25, 0.3) is 0 Å². The third-order valence-corrected chi connectivity index (χ3v) is 3.35. The molecule has 0 aliphatic rings. The lowest BCUT2D eigenvalue weighted by Crippen LogP contribution is -2.10. The fourth-order valence-corrected chi connectivity index (χ4v) is 1.97. The molecule has 0 aliphatic carbocycles. The molecule has 1 aromatic heterocycles. The first-order valence-electron chi connectivity index (χ1n) is 7.10. The Balaban J connectivity index is 2.04. The summed E-state index contributed by atoms with van der Waals surface area (Å²) in [6.45, 7) is 6.33. The summed E-state index contributed by atoms with van der Waals surface area (Å²) in [5.74, 6) is 0.905. The molecule has 0 saturated carbocycles. The van der Waals surface area contributed by atoms with E-state index in [1.165, 1.54) is 5.56 Å². The van der Waals surface area contributed by atoms with Gasteiger partial charge in [-0.15, -0.1) is 0 Å². The van der Waals surface area contributed by atoms with Crippen LogP contribution in [0.3, 0.4) is 0 Å². The summed E-state index contributed by atoms with van der Waals surface area (Å²) in [5, 5.41) is 7.67. The van der Waals surface area contributed by atoms with Crippen molar-refractivity contribution in [3.05, 3.63) is 42.2 Å². The quantitative estimate of drug-likeness (QED) is 0.870. The van der Waals surface area contributed by atoms with Crippen LogP contribution in [0.4, 0.5) is 5.69 Å². The summed E-state index contributed by atoms with van der Waals surface area (Å²) in [5.41, 5.74) is 2.22. The maximum Gasteiger partial charge on any atom is 0.121 e. The van der Waals surface area contributed by atoms with E-state index in [0.29, 0.717) is 0 Å². The summed E-state index contributed by atoms with van der Waals surface area (Å²) in [6, 6.07) is 8.31. The number of ether oxygens (including phenoxy) is 1. The van der Waals surface area contributed by atoms with Crippen LogP contribution in [0, 0.1) is 0 Å². The van der Waals surface area contributed by atoms with E-state index in [0.717, 1.165) is 17.9 Å². The second kappa shape index (κ2) is 6.46. The maximum absolute atomic E-state index is 5.84. The molecule has 20 heavy (non-hydrogen) atoms. The Hall–Kier alpha value is -1.97. The van der Waals surface area contributed by atoms with E-state index in [2.05, 4.69) is 37.3 Å². The summed E-state index contributed by atoms with van der Waals surface area (Å²) >= 11 is 0. The number of nitrogens with one attached hydrogen (secondary N) is 1. The summed E-state index contributed by atoms with van der Waals surface area (Å²) in [7, 11) is 1.93. The highest BCUT2D eigenvalue weighted by atomic mass is 16.5. The van der Waals surface area contributed by atoms with E-state index >= 15 is 0 Å². The van der Waals surface area contributed by atoms with Gasteiger partial charge in [0.05, 0.1) is 18.3 Å². The van der Waals surface area contributed by atoms with Gasteiger partial charge in [-0.2, -0.15) is 5.10 Å². The topological polar surface area (TPSA) is 39.1 Å². The van der Waals surface area contributed by atoms with Gasteiger partial charge in [0.2, 0.25) is 0 Å². The average molecular weight is 273 g/mol. The molecule has 0 spiro atoms. The molecule has 0 unspecified atom stereocenters. The molecule has 4 heteroatoms. The molecule has 1 N–H and O–H groups in total. The normalized spacial score (nSPS) is 13.8. The molecule has 0 amide bonds. The fraction of sp³-hybridized carbons (Fsp3) is 0.438. The van der Waals surface area contributed by atoms with Crippen LogP contribution in [0.2, 0.25) is 0 Å². The second-order valence-electron chi connectivity index (χ2n) is 5.18. The van der Waals surface area contributed by atoms with Crippen molar-refractivity contribution in [1.82, 2.24) is 9.78 Å². The summed E-state index contributed by atoms with van der Waals surface area (Å²) < 4.78 is 7.65. The third-order valence-electron chi connectivity index (χ3n) is 3.35. The largest absolute Gasteiger partial charge is 0.491 e. The highest BCUT2D eigenvalue weighted by Crippen LogP contribution is 2.23. The molecule has 0 saturated heterocycles. The van der Waals surface area contributed by atoms with Gasteiger partial charge in [-0.05, 0) is 32.4 Å². The van der Waals surface area contributed by atoms with Crippen LogP contribution < -0.4 is 10.1 Å². The Kier molecular flexibility index (Phi) is 4.66. The zero-order valence-electron chi connectivity index (χ0n) is 12.6. The number of hydrogen-bond donors (Lipinski definition) is 1. The van der Waals surface area contributed by atoms with Crippen LogP contribution in [0.15, 0.2) is 36.7 Å². The van der Waals surface area contributed by atoms with Crippen LogP contribution in [0.25, 0.3) is 0 Å². The van der Waals surface area contributed by atoms with E-state index in [-0.39, 0.29) is 12.1 Å². The van der Waals surface area contributed by atoms with Crippen LogP contribution in [0.1, 0.15) is 38.8 Å². The van der Waals surface area contributed by atoms with E-state index in [1.54, 1.807) is 0 Å². The number of nitrogens with zero attached hydrogens (tertiary/aromatic N) is 2. The summed E-state index contributed by atoms with van der Waals surface area (Å²) in [4.78, 5) is 0. The van der Waals surface area contributed by atoms with Crippen LogP contribution in [0.5, 0.6) is 5.75 Å². The smallest absolute Gasteiger partial charge is 0.121 e. The van der Waals surface area contributed by atoms with Crippen LogP contribution in [-0.2, 0) is 7.05 Å². The lowest BCUT2D eigenvalue weighted by Gasteiger charge is -2.16. The molecular formula is C16H23N3O. The Morgan fingerprint density at radius 3 is 2.80 bits per heavy atom. The Morgan fingerprint density at radius 1 is 1.35 bits per heavy atom. The van der Waals surface area contributed by atoms with Crippen molar-refractivity contribution in [2.75, 3.05) is 5.32 Å². The minimum Gasteiger partial charge on any atom is -0.491 e. The average Bonchev–Trinajstić information content (AvgIpc) is 2.86. The van der Waals surface area contributed by atoms with Gasteiger partial charge >= 0.3 is 0 Å². The van der Waals surface area contributed by atoms with Crippen LogP contribution >= 0.6 is 0 Å². The van der Waals surface area contributed by atoms with Crippen molar-refractivity contribution in [2.24, 2.45) is 7.05 Å². The molecule has 4 nitrogen and oxygen atoms in total. The van der Waals surface area contributed by atoms with Gasteiger partial charge in [0.15, 0.2) is 0 Å². The monoisotopic (exact) mass is 273 g/mol. The van der Waals surface area contributed by atoms with Gasteiger partial charge in [0.1, 0.15) is 5.75 Å². The molecule has 1 heterocycles. The second-order valence-corrected chi connectivity index (χ2v) is 5.18. The van der Waals surface area contributed by atoms with E-state index < -0.39 is 0 Å². The van der Waals surface area contributed by atoms with Crippen molar-refractivity contribution >= 4 is 5.69 Å². The lowest BCUT2D eigenvalue weighted by atomic mass is 10.2. The predicted molar refractivity (Wildman–Crippen MR) is 82.1 cm³/mol. The highest BCUT2D eigenvalue weighted by Gasteiger charge is 2.08. The first-order valence-corrected chi connectivity index (χ1v) is 7.10. The molecule has 108 valence electrons. The van der Waals surface area contributed by atoms with Crippen molar-refractivity contribution in [3.63, 3.8) is 0 Å². The Bertz CT molecular complexity index is 550. The predicted octanol–water partition coefficient (Wildman–Crippen LogP) is 3.77. The van der Waals surface area contributed by atoms with Crippen molar-refractivity contribution in [3.8, 4) is 5.75 Å². The SMILES string of the molecule is CC[C@H](C)Oc1cccc(N[C@@H](C)c2cnn(C)c2)c1. The first kappa shape index (κ1) is 14.4. The Morgan fingerprint density at radius 2 is 2.15 bits per heavy atom. The van der Waals surface area contributed by atoms with Gasteiger partial charge in [-0.25, -0.2) is 0 Å². The van der Waals surface area contributed by atoms with E-state index in [4.69, 9.17) is 4.74 Å². The molecule has 2 rings (SSSR count). The first-order chi connectivity index (χ1) is 9.58. The molecule has 0 bridgehead atoms. The molecular weight excluding hydrogens is 250 g/mol. The minimum absolute atomic E-state index is 0.211. The van der Waals surface area contributed by atoms with Crippen LogP contribution in [-0.4, -0.2) is 15.9 Å². The number of hydrogen-bond acceptors (Lipinski definition) is 3. The van der Waals surface area contributed by atoms with Gasteiger partial charge in [-0.1, -0.05) is 13.0 Å². The lowest BCUT2D eigenvalue weighted by molar-refractivity contribution is 0.217. The minimum atomic E-state index is 0.211. The molecule has 1 aromatic carbocycles. The Labute approximate surface area is 120 Å². The van der Waals surface area contributed by atoms with Gasteiger partial charge < -0.3 is 10.1 Å². The summed E-state index contributed by atoms with van der Waals surface area (Å²) in [6.07, 6.45) is 5.15. The number of aryl methyl sites for hydroxylation is 1. The van der Waals surface area contributed by atoms with E-state index in [9.17, 15) is 0 Å². The highest BCUT2D eigenvalue weighted by molar-refractivity contribution is 5.49. The molecule has 2 atom stereocenters. The zero-order valence-corrected chi connectivity index (χ0v) is 12.6. The van der Waals surface area contributed by atoms with Gasteiger partial charge in [-0.3, -0.25) is 4.68 Å². The number of anilines is 1. The standard InChI is InChI=1S/C16H23N3O/c1-5-12(2)20-16-8-6-7-15(9-16)18-13(3)14-10-17-19(4)11-14/h6-13,18H,5H2,1-4H3/t12-,13-/m0/s1. The van der Waals surface area contributed by atoms with Crippen molar-refractivity contribution < 1.29 is 4.74 Å². The number of aromatic nitrogens is 2. The van der Waals surface area contributed by atoms with E-state index in [1.807, 2.05) is 42.3 Å². The number of benzene rings is 1. The molecule has 2 aromatic rings. The van der Waals surface area contributed by atoms with Crippen molar-refractivity contribution in [1.29, 1.82) is 0 Å². The number of rotatable bonds is 6. The van der Waals surface area contributed by atoms with Gasteiger partial charge in [0, 0.05) is 30.6 Å². The molecule has 0 radical (unpaired) electrons. The molecule has 0 fully saturated rings. The molecule has 0 aliphatic heterocycles. The zero-order chi connectivity index (χ0) is 14.5.